The van der Waals surface area contributed by atoms with Crippen molar-refractivity contribution in [1.29, 1.82) is 0 Å². The summed E-state index contributed by atoms with van der Waals surface area (Å²) in [6, 6.07) is 0. The molecule has 1 saturated heterocycles. The smallest absolute Gasteiger partial charge is 0.324 e. The largest absolute Gasteiger partial charge is 0.480 e. The summed E-state index contributed by atoms with van der Waals surface area (Å²) in [6.07, 6.45) is 5.50. The highest BCUT2D eigenvalue weighted by Gasteiger charge is 2.44. The second kappa shape index (κ2) is 4.96. The Kier molecular flexibility index (Phi) is 3.80. The molecule has 3 nitrogen and oxygen atoms in total. The molecular weight excluding hydrogens is 222 g/mol. The molecule has 2 aliphatic rings. The van der Waals surface area contributed by atoms with E-state index in [4.69, 9.17) is 0 Å². The summed E-state index contributed by atoms with van der Waals surface area (Å²) in [7, 11) is 2.00. The summed E-state index contributed by atoms with van der Waals surface area (Å²) < 4.78 is 0. The minimum atomic E-state index is -0.616. The standard InChI is InChI=1S/C12H21NO2S/c1-13(9-10-3-2-4-10)12(11(14)15)5-7-16-8-6-12/h10H,2-9H2,1H3,(H,14,15). The van der Waals surface area contributed by atoms with E-state index in [-0.39, 0.29) is 0 Å². The fourth-order valence-electron chi connectivity index (χ4n) is 2.71. The number of carboxylic acid groups (broad SMARTS) is 1. The molecule has 1 saturated carbocycles. The zero-order chi connectivity index (χ0) is 11.6. The Morgan fingerprint density at radius 2 is 2.06 bits per heavy atom. The van der Waals surface area contributed by atoms with Crippen molar-refractivity contribution in [3.05, 3.63) is 0 Å². The number of thioether (sulfide) groups is 1. The van der Waals surface area contributed by atoms with Gasteiger partial charge in [0.15, 0.2) is 0 Å². The van der Waals surface area contributed by atoms with Gasteiger partial charge in [0.25, 0.3) is 0 Å². The Labute approximate surface area is 102 Å². The molecule has 1 aliphatic carbocycles. The van der Waals surface area contributed by atoms with Crippen LogP contribution in [0.1, 0.15) is 32.1 Å². The van der Waals surface area contributed by atoms with E-state index in [1.165, 1.54) is 19.3 Å². The highest BCUT2D eigenvalue weighted by Crippen LogP contribution is 2.35. The lowest BCUT2D eigenvalue weighted by Gasteiger charge is -2.43. The zero-order valence-corrected chi connectivity index (χ0v) is 10.8. The number of likely N-dealkylation sites (N-methyl/N-ethyl adjacent to an activating group) is 1. The average Bonchev–Trinajstić information content (AvgIpc) is 2.24. The first-order valence-corrected chi connectivity index (χ1v) is 7.33. The predicted molar refractivity (Wildman–Crippen MR) is 66.9 cm³/mol. The van der Waals surface area contributed by atoms with Gasteiger partial charge in [0, 0.05) is 6.54 Å². The Bertz CT molecular complexity index is 260. The van der Waals surface area contributed by atoms with Crippen LogP contribution in [0.4, 0.5) is 0 Å². The molecule has 2 fully saturated rings. The molecule has 16 heavy (non-hydrogen) atoms. The first-order chi connectivity index (χ1) is 7.65. The van der Waals surface area contributed by atoms with E-state index in [1.54, 1.807) is 0 Å². The lowest BCUT2D eigenvalue weighted by molar-refractivity contribution is -0.152. The molecule has 0 spiro atoms. The lowest BCUT2D eigenvalue weighted by atomic mass is 9.82. The summed E-state index contributed by atoms with van der Waals surface area (Å²) in [6.45, 7) is 0.969. The van der Waals surface area contributed by atoms with Gasteiger partial charge in [-0.25, -0.2) is 0 Å². The van der Waals surface area contributed by atoms with Crippen LogP contribution in [-0.2, 0) is 4.79 Å². The number of carbonyl (C=O) groups is 1. The number of rotatable bonds is 4. The monoisotopic (exact) mass is 243 g/mol. The second-order valence-corrected chi connectivity index (χ2v) is 6.35. The maximum atomic E-state index is 11.6. The molecule has 0 amide bonds. The average molecular weight is 243 g/mol. The molecule has 1 N–H and O–H groups in total. The fourth-order valence-corrected chi connectivity index (χ4v) is 3.87. The molecule has 0 bridgehead atoms. The van der Waals surface area contributed by atoms with E-state index >= 15 is 0 Å². The summed E-state index contributed by atoms with van der Waals surface area (Å²) >= 11 is 1.88. The number of carboxylic acids is 1. The van der Waals surface area contributed by atoms with Crippen LogP contribution in [0.15, 0.2) is 0 Å². The quantitative estimate of drug-likeness (QED) is 0.820. The predicted octanol–water partition coefficient (Wildman–Crippen LogP) is 2.07. The fraction of sp³-hybridized carbons (Fsp3) is 0.917. The van der Waals surface area contributed by atoms with Crippen molar-refractivity contribution in [3.63, 3.8) is 0 Å². The van der Waals surface area contributed by atoms with Crippen molar-refractivity contribution in [2.24, 2.45) is 5.92 Å². The molecular formula is C12H21NO2S. The minimum Gasteiger partial charge on any atom is -0.480 e. The third kappa shape index (κ3) is 2.23. The first-order valence-electron chi connectivity index (χ1n) is 6.17. The van der Waals surface area contributed by atoms with Gasteiger partial charge < -0.3 is 5.11 Å². The van der Waals surface area contributed by atoms with E-state index in [1.807, 2.05) is 18.8 Å². The summed E-state index contributed by atoms with van der Waals surface area (Å²) in [4.78, 5) is 13.7. The van der Waals surface area contributed by atoms with Gasteiger partial charge in [-0.1, -0.05) is 6.42 Å². The Hall–Kier alpha value is -0.220. The zero-order valence-electron chi connectivity index (χ0n) is 9.95. The van der Waals surface area contributed by atoms with Crippen molar-refractivity contribution in [2.75, 3.05) is 25.1 Å². The maximum absolute atomic E-state index is 11.6. The summed E-state index contributed by atoms with van der Waals surface area (Å²) in [5.41, 5.74) is -0.569. The van der Waals surface area contributed by atoms with Crippen molar-refractivity contribution < 1.29 is 9.90 Å². The maximum Gasteiger partial charge on any atom is 0.324 e. The number of hydrogen-bond acceptors (Lipinski definition) is 3. The molecule has 1 aliphatic heterocycles. The van der Waals surface area contributed by atoms with E-state index in [0.29, 0.717) is 0 Å². The summed E-state index contributed by atoms with van der Waals surface area (Å²) in [5, 5.41) is 9.51. The SMILES string of the molecule is CN(CC1CCC1)C1(C(=O)O)CCSCC1. The van der Waals surface area contributed by atoms with Crippen LogP contribution in [0.5, 0.6) is 0 Å². The highest BCUT2D eigenvalue weighted by atomic mass is 32.2. The molecule has 0 aromatic heterocycles. The molecule has 92 valence electrons. The van der Waals surface area contributed by atoms with Crippen LogP contribution in [0, 0.1) is 5.92 Å². The van der Waals surface area contributed by atoms with Crippen LogP contribution in [-0.4, -0.2) is 46.6 Å². The number of aliphatic carboxylic acids is 1. The van der Waals surface area contributed by atoms with Crippen LogP contribution in [0.3, 0.4) is 0 Å². The molecule has 0 atom stereocenters. The van der Waals surface area contributed by atoms with Gasteiger partial charge in [-0.05, 0) is 50.2 Å². The van der Waals surface area contributed by atoms with Gasteiger partial charge in [-0.3, -0.25) is 9.69 Å². The summed E-state index contributed by atoms with van der Waals surface area (Å²) in [5.74, 6) is 2.10. The molecule has 0 unspecified atom stereocenters. The van der Waals surface area contributed by atoms with E-state index in [0.717, 1.165) is 36.8 Å². The van der Waals surface area contributed by atoms with Gasteiger partial charge in [0.1, 0.15) is 5.54 Å². The second-order valence-electron chi connectivity index (χ2n) is 5.13. The Balaban J connectivity index is 2.01. The lowest BCUT2D eigenvalue weighted by Crippen LogP contribution is -2.56. The van der Waals surface area contributed by atoms with Crippen molar-refractivity contribution in [3.8, 4) is 0 Å². The molecule has 0 aromatic rings. The van der Waals surface area contributed by atoms with Crippen molar-refractivity contribution in [2.45, 2.75) is 37.6 Å². The van der Waals surface area contributed by atoms with Crippen LogP contribution >= 0.6 is 11.8 Å². The first kappa shape index (κ1) is 12.2. The Morgan fingerprint density at radius 1 is 1.44 bits per heavy atom. The van der Waals surface area contributed by atoms with Gasteiger partial charge in [0.05, 0.1) is 0 Å². The minimum absolute atomic E-state index is 0.569. The van der Waals surface area contributed by atoms with Gasteiger partial charge in [-0.15, -0.1) is 0 Å². The van der Waals surface area contributed by atoms with Gasteiger partial charge in [0.2, 0.25) is 0 Å². The van der Waals surface area contributed by atoms with Gasteiger partial charge >= 0.3 is 5.97 Å². The normalized spacial score (nSPS) is 25.4. The third-order valence-corrected chi connectivity index (χ3v) is 5.19. The highest BCUT2D eigenvalue weighted by molar-refractivity contribution is 7.99. The van der Waals surface area contributed by atoms with E-state index < -0.39 is 11.5 Å². The molecule has 1 heterocycles. The topological polar surface area (TPSA) is 40.5 Å². The Morgan fingerprint density at radius 3 is 2.50 bits per heavy atom. The van der Waals surface area contributed by atoms with Crippen LogP contribution < -0.4 is 0 Å². The molecule has 0 aromatic carbocycles. The van der Waals surface area contributed by atoms with Crippen molar-refractivity contribution in [1.82, 2.24) is 4.90 Å². The van der Waals surface area contributed by atoms with E-state index in [9.17, 15) is 9.90 Å². The van der Waals surface area contributed by atoms with Gasteiger partial charge in [-0.2, -0.15) is 11.8 Å². The molecule has 4 heteroatoms. The van der Waals surface area contributed by atoms with Crippen LogP contribution in [0.25, 0.3) is 0 Å². The van der Waals surface area contributed by atoms with E-state index in [2.05, 4.69) is 4.90 Å². The number of nitrogens with zero attached hydrogens (tertiary/aromatic N) is 1. The third-order valence-electron chi connectivity index (χ3n) is 4.21. The molecule has 2 rings (SSSR count). The van der Waals surface area contributed by atoms with Crippen molar-refractivity contribution >= 4 is 17.7 Å². The number of hydrogen-bond donors (Lipinski definition) is 1. The van der Waals surface area contributed by atoms with Crippen LogP contribution in [0.2, 0.25) is 0 Å². The molecule has 0 radical (unpaired) electrons.